The molecule has 0 aliphatic heterocycles. The molecule has 1 aromatic rings. The molecule has 0 heterocycles. The van der Waals surface area contributed by atoms with Crippen molar-refractivity contribution in [2.45, 2.75) is 32.1 Å². The van der Waals surface area contributed by atoms with Gasteiger partial charge in [0.1, 0.15) is 0 Å². The van der Waals surface area contributed by atoms with Crippen LogP contribution in [0.5, 0.6) is 0 Å². The van der Waals surface area contributed by atoms with E-state index in [4.69, 9.17) is 0 Å². The minimum absolute atomic E-state index is 0.130. The van der Waals surface area contributed by atoms with E-state index < -0.39 is 5.92 Å². The van der Waals surface area contributed by atoms with Crippen molar-refractivity contribution in [2.24, 2.45) is 0 Å². The normalized spacial score (nSPS) is 12.2. The first kappa shape index (κ1) is 11.9. The Kier molecular flexibility index (Phi) is 4.47. The highest BCUT2D eigenvalue weighted by atomic mass is 19.3. The second-order valence-corrected chi connectivity index (χ2v) is 3.54. The van der Waals surface area contributed by atoms with Crippen molar-refractivity contribution in [3.63, 3.8) is 0 Å². The number of hydrogen-bond donors (Lipinski definition) is 0. The lowest BCUT2D eigenvalue weighted by molar-refractivity contribution is 0.0508. The maximum atomic E-state index is 12.8. The third kappa shape index (κ3) is 4.73. The summed E-state index contributed by atoms with van der Waals surface area (Å²) in [5.41, 5.74) is 1.18. The average Bonchev–Trinajstić information content (AvgIpc) is 2.26. The van der Waals surface area contributed by atoms with Gasteiger partial charge in [-0.3, -0.25) is 0 Å². The van der Waals surface area contributed by atoms with Crippen LogP contribution >= 0.6 is 0 Å². The average molecular weight is 210 g/mol. The molecular formula is C13H16F2. The number of alkyl halides is 2. The highest BCUT2D eigenvalue weighted by Crippen LogP contribution is 2.19. The van der Waals surface area contributed by atoms with Crippen LogP contribution < -0.4 is 0 Å². The molecule has 0 N–H and O–H groups in total. The zero-order valence-corrected chi connectivity index (χ0v) is 8.92. The Morgan fingerprint density at radius 3 is 2.47 bits per heavy atom. The summed E-state index contributed by atoms with van der Waals surface area (Å²) in [5, 5.41) is 0. The molecule has 0 aliphatic carbocycles. The van der Waals surface area contributed by atoms with Crippen molar-refractivity contribution in [1.82, 2.24) is 0 Å². The van der Waals surface area contributed by atoms with E-state index >= 15 is 0 Å². The minimum Gasteiger partial charge on any atom is -0.202 e. The van der Waals surface area contributed by atoms with E-state index in [1.54, 1.807) is 6.08 Å². The first-order valence-electron chi connectivity index (χ1n) is 5.23. The van der Waals surface area contributed by atoms with Crippen molar-refractivity contribution in [3.8, 4) is 0 Å². The SMILES string of the molecule is CCC(F)(F)/C=C/CCc1ccccc1. The molecule has 0 radical (unpaired) electrons. The lowest BCUT2D eigenvalue weighted by Crippen LogP contribution is -2.08. The first-order valence-corrected chi connectivity index (χ1v) is 5.23. The molecule has 0 atom stereocenters. The maximum Gasteiger partial charge on any atom is 0.266 e. The maximum absolute atomic E-state index is 12.8. The van der Waals surface area contributed by atoms with Gasteiger partial charge in [-0.15, -0.1) is 0 Å². The van der Waals surface area contributed by atoms with Gasteiger partial charge in [0.15, 0.2) is 0 Å². The van der Waals surface area contributed by atoms with E-state index in [1.807, 2.05) is 30.3 Å². The van der Waals surface area contributed by atoms with Crippen molar-refractivity contribution in [2.75, 3.05) is 0 Å². The molecule has 0 saturated carbocycles. The molecule has 0 bridgehead atoms. The van der Waals surface area contributed by atoms with Crippen LogP contribution in [0, 0.1) is 0 Å². The third-order valence-corrected chi connectivity index (χ3v) is 2.28. The minimum atomic E-state index is -2.64. The molecule has 0 fully saturated rings. The Hall–Kier alpha value is -1.18. The van der Waals surface area contributed by atoms with Gasteiger partial charge in [-0.2, -0.15) is 0 Å². The van der Waals surface area contributed by atoms with Crippen LogP contribution in [0.25, 0.3) is 0 Å². The number of rotatable bonds is 5. The van der Waals surface area contributed by atoms with Gasteiger partial charge in [0.05, 0.1) is 0 Å². The van der Waals surface area contributed by atoms with Crippen LogP contribution in [-0.2, 0) is 6.42 Å². The standard InChI is InChI=1S/C13H16F2/c1-2-13(14,15)11-7-6-10-12-8-4-3-5-9-12/h3-5,7-9,11H,2,6,10H2,1H3/b11-7+. The molecule has 1 rings (SSSR count). The summed E-state index contributed by atoms with van der Waals surface area (Å²) in [6.07, 6.45) is 3.93. The molecule has 0 aliphatic rings. The summed E-state index contributed by atoms with van der Waals surface area (Å²) in [7, 11) is 0. The quantitative estimate of drug-likeness (QED) is 0.638. The van der Waals surface area contributed by atoms with Crippen LogP contribution in [0.1, 0.15) is 25.3 Å². The number of benzene rings is 1. The van der Waals surface area contributed by atoms with Crippen molar-refractivity contribution >= 4 is 0 Å². The van der Waals surface area contributed by atoms with E-state index in [1.165, 1.54) is 12.5 Å². The van der Waals surface area contributed by atoms with Gasteiger partial charge in [0.25, 0.3) is 5.92 Å². The molecule has 82 valence electrons. The Morgan fingerprint density at radius 2 is 1.87 bits per heavy atom. The summed E-state index contributed by atoms with van der Waals surface area (Å²) in [4.78, 5) is 0. The molecule has 15 heavy (non-hydrogen) atoms. The lowest BCUT2D eigenvalue weighted by Gasteiger charge is -2.06. The van der Waals surface area contributed by atoms with E-state index in [0.29, 0.717) is 6.42 Å². The fourth-order valence-electron chi connectivity index (χ4n) is 1.27. The van der Waals surface area contributed by atoms with Crippen molar-refractivity contribution < 1.29 is 8.78 Å². The summed E-state index contributed by atoms with van der Waals surface area (Å²) < 4.78 is 25.6. The fourth-order valence-corrected chi connectivity index (χ4v) is 1.27. The summed E-state index contributed by atoms with van der Waals surface area (Å²) >= 11 is 0. The van der Waals surface area contributed by atoms with Crippen LogP contribution in [0.2, 0.25) is 0 Å². The summed E-state index contributed by atoms with van der Waals surface area (Å²) in [5.74, 6) is -2.64. The van der Waals surface area contributed by atoms with Crippen LogP contribution in [0.3, 0.4) is 0 Å². The molecule has 0 unspecified atom stereocenters. The fraction of sp³-hybridized carbons (Fsp3) is 0.385. The largest absolute Gasteiger partial charge is 0.266 e. The zero-order valence-electron chi connectivity index (χ0n) is 8.92. The van der Waals surface area contributed by atoms with Crippen LogP contribution in [0.4, 0.5) is 8.78 Å². The smallest absolute Gasteiger partial charge is 0.202 e. The Labute approximate surface area is 89.6 Å². The molecule has 0 amide bonds. The van der Waals surface area contributed by atoms with Crippen molar-refractivity contribution in [3.05, 3.63) is 48.0 Å². The molecule has 0 spiro atoms. The molecular weight excluding hydrogens is 194 g/mol. The van der Waals surface area contributed by atoms with Gasteiger partial charge < -0.3 is 0 Å². The summed E-state index contributed by atoms with van der Waals surface area (Å²) in [6.45, 7) is 1.49. The predicted octanol–water partition coefficient (Wildman–Crippen LogP) is 4.22. The van der Waals surface area contributed by atoms with E-state index in [9.17, 15) is 8.78 Å². The number of hydrogen-bond acceptors (Lipinski definition) is 0. The van der Waals surface area contributed by atoms with E-state index in [0.717, 1.165) is 12.5 Å². The predicted molar refractivity (Wildman–Crippen MR) is 59.1 cm³/mol. The molecule has 2 heteroatoms. The number of halogens is 2. The van der Waals surface area contributed by atoms with Gasteiger partial charge in [0, 0.05) is 6.42 Å². The Morgan fingerprint density at radius 1 is 1.20 bits per heavy atom. The van der Waals surface area contributed by atoms with Crippen molar-refractivity contribution in [1.29, 1.82) is 0 Å². The highest BCUT2D eigenvalue weighted by molar-refractivity contribution is 5.15. The Balaban J connectivity index is 2.34. The third-order valence-electron chi connectivity index (χ3n) is 2.28. The van der Waals surface area contributed by atoms with Gasteiger partial charge in [-0.05, 0) is 24.5 Å². The van der Waals surface area contributed by atoms with Gasteiger partial charge in [-0.25, -0.2) is 8.78 Å². The molecule has 1 aromatic carbocycles. The monoisotopic (exact) mass is 210 g/mol. The second-order valence-electron chi connectivity index (χ2n) is 3.54. The summed E-state index contributed by atoms with van der Waals surface area (Å²) in [6, 6.07) is 9.88. The Bertz CT molecular complexity index is 302. The highest BCUT2D eigenvalue weighted by Gasteiger charge is 2.20. The lowest BCUT2D eigenvalue weighted by atomic mass is 10.1. The number of aryl methyl sites for hydroxylation is 1. The zero-order chi connectivity index (χ0) is 11.1. The van der Waals surface area contributed by atoms with E-state index in [2.05, 4.69) is 0 Å². The van der Waals surface area contributed by atoms with Gasteiger partial charge in [-0.1, -0.05) is 43.3 Å². The van der Waals surface area contributed by atoms with Crippen LogP contribution in [0.15, 0.2) is 42.5 Å². The number of allylic oxidation sites excluding steroid dienone is 2. The molecule has 0 nitrogen and oxygen atoms in total. The topological polar surface area (TPSA) is 0 Å². The van der Waals surface area contributed by atoms with Gasteiger partial charge >= 0.3 is 0 Å². The molecule has 0 aromatic heterocycles. The van der Waals surface area contributed by atoms with Crippen LogP contribution in [-0.4, -0.2) is 5.92 Å². The molecule has 0 saturated heterocycles. The second kappa shape index (κ2) is 5.64. The first-order chi connectivity index (χ1) is 7.14. The van der Waals surface area contributed by atoms with Gasteiger partial charge in [0.2, 0.25) is 0 Å². The van der Waals surface area contributed by atoms with E-state index in [-0.39, 0.29) is 6.42 Å².